The van der Waals surface area contributed by atoms with Crippen LogP contribution in [-0.2, 0) is 0 Å². The van der Waals surface area contributed by atoms with Crippen LogP contribution in [0.5, 0.6) is 0 Å². The number of hydrogen-bond acceptors (Lipinski definition) is 0. The molecular weight excluding hydrogens is 197 g/mol. The van der Waals surface area contributed by atoms with Crippen molar-refractivity contribution in [3.63, 3.8) is 0 Å². The van der Waals surface area contributed by atoms with Crippen molar-refractivity contribution in [1.82, 2.24) is 0 Å². The second-order valence-electron chi connectivity index (χ2n) is 0. The van der Waals surface area contributed by atoms with E-state index < -0.39 is 0 Å². The first-order valence-electron chi connectivity index (χ1n) is 0. The van der Waals surface area contributed by atoms with Crippen LogP contribution in [0.3, 0.4) is 0 Å². The van der Waals surface area contributed by atoms with Crippen LogP contribution in [-0.4, -0.2) is 43.8 Å². The summed E-state index contributed by atoms with van der Waals surface area (Å²) in [6.45, 7) is 0. The molecule has 0 saturated carbocycles. The Hall–Kier alpha value is 2.68. The zero-order valence-corrected chi connectivity index (χ0v) is 13.0. The van der Waals surface area contributed by atoms with Gasteiger partial charge in [0.2, 0.25) is 0 Å². The van der Waals surface area contributed by atoms with E-state index in [0.29, 0.717) is 0 Å². The average molecular weight is 216 g/mol. The molecule has 0 fully saturated rings. The van der Waals surface area contributed by atoms with Gasteiger partial charge in [-0.3, -0.25) is 0 Å². The van der Waals surface area contributed by atoms with Gasteiger partial charge in [0.25, 0.3) is 0 Å². The van der Waals surface area contributed by atoms with Crippen molar-refractivity contribution in [3.8, 4) is 0 Å². The van der Waals surface area contributed by atoms with E-state index in [1.165, 1.54) is 0 Å². The standard InChI is InChI=1S/3Na.8H2O.3H/h;;;8*1H2;;;/q3*+1;;;;;;;;;3*-1. The van der Waals surface area contributed by atoms with Crippen molar-refractivity contribution in [2.45, 2.75) is 0 Å². The summed E-state index contributed by atoms with van der Waals surface area (Å²) >= 11 is 0. The number of rotatable bonds is 0. The van der Waals surface area contributed by atoms with Gasteiger partial charge in [-0.15, -0.1) is 0 Å². The fourth-order valence-electron chi connectivity index (χ4n) is 0. The summed E-state index contributed by atoms with van der Waals surface area (Å²) in [6, 6.07) is 0. The van der Waals surface area contributed by atoms with Gasteiger partial charge >= 0.3 is 88.7 Å². The van der Waals surface area contributed by atoms with Crippen molar-refractivity contribution < 1.29 is 137 Å². The molecule has 0 aliphatic carbocycles. The molecule has 0 aliphatic rings. The summed E-state index contributed by atoms with van der Waals surface area (Å²) in [5.74, 6) is 0. The topological polar surface area (TPSA) is 252 Å². The SMILES string of the molecule is O.O.O.O.O.O.O.O.[H-].[H-].[H-].[Na+].[Na+].[Na+]. The summed E-state index contributed by atoms with van der Waals surface area (Å²) in [4.78, 5) is 0. The second-order valence-corrected chi connectivity index (χ2v) is 0. The Morgan fingerprint density at radius 3 is 0.273 bits per heavy atom. The largest absolute Gasteiger partial charge is 1.00 e. The second kappa shape index (κ2) is 241. The third kappa shape index (κ3) is 201. The molecule has 0 heterocycles. The predicted octanol–water partition coefficient (Wildman–Crippen LogP) is -15.2. The van der Waals surface area contributed by atoms with E-state index in [2.05, 4.69) is 0 Å². The third-order valence-corrected chi connectivity index (χ3v) is 0. The van der Waals surface area contributed by atoms with Crippen molar-refractivity contribution in [2.24, 2.45) is 0 Å². The quantitative estimate of drug-likeness (QED) is 0.341. The zero-order chi connectivity index (χ0) is 0. The third-order valence-electron chi connectivity index (χ3n) is 0. The van der Waals surface area contributed by atoms with E-state index in [1.807, 2.05) is 0 Å². The molecule has 8 nitrogen and oxygen atoms in total. The molecule has 0 rings (SSSR count). The van der Waals surface area contributed by atoms with Crippen LogP contribution < -0.4 is 88.7 Å². The van der Waals surface area contributed by atoms with Gasteiger partial charge in [-0.25, -0.2) is 0 Å². The fourth-order valence-corrected chi connectivity index (χ4v) is 0. The molecule has 0 unspecified atom stereocenters. The van der Waals surface area contributed by atoms with Gasteiger partial charge in [-0.2, -0.15) is 0 Å². The molecule has 11 heteroatoms. The van der Waals surface area contributed by atoms with E-state index in [0.717, 1.165) is 0 Å². The molecule has 70 valence electrons. The average Bonchev–Trinajstić information content (AvgIpc) is 0. The Kier molecular flexibility index (Phi) is 6700. The molecule has 0 atom stereocenters. The smallest absolute Gasteiger partial charge is 1.00 e. The van der Waals surface area contributed by atoms with Gasteiger partial charge in [-0.05, 0) is 0 Å². The van der Waals surface area contributed by atoms with Gasteiger partial charge in [-0.1, -0.05) is 0 Å². The Balaban J connectivity index is 0. The van der Waals surface area contributed by atoms with Crippen molar-refractivity contribution in [2.75, 3.05) is 0 Å². The normalized spacial score (nSPS) is 0. The summed E-state index contributed by atoms with van der Waals surface area (Å²) in [7, 11) is 0. The minimum atomic E-state index is 0. The maximum Gasteiger partial charge on any atom is 1.00 e. The van der Waals surface area contributed by atoms with E-state index >= 15 is 0 Å². The van der Waals surface area contributed by atoms with Crippen molar-refractivity contribution in [1.29, 1.82) is 0 Å². The Labute approximate surface area is 135 Å². The van der Waals surface area contributed by atoms with Gasteiger partial charge in [0.15, 0.2) is 0 Å². The summed E-state index contributed by atoms with van der Waals surface area (Å²) in [5, 5.41) is 0. The molecule has 0 radical (unpaired) electrons. The van der Waals surface area contributed by atoms with Crippen LogP contribution >= 0.6 is 0 Å². The Morgan fingerprint density at radius 1 is 0.273 bits per heavy atom. The van der Waals surface area contributed by atoms with Crippen LogP contribution in [0.25, 0.3) is 0 Å². The molecule has 0 aromatic heterocycles. The molecule has 0 saturated heterocycles. The molecule has 0 aromatic rings. The minimum Gasteiger partial charge on any atom is -1.00 e. The summed E-state index contributed by atoms with van der Waals surface area (Å²) in [6.07, 6.45) is 0. The van der Waals surface area contributed by atoms with Gasteiger partial charge < -0.3 is 48.1 Å². The van der Waals surface area contributed by atoms with Crippen LogP contribution in [0.4, 0.5) is 0 Å². The monoisotopic (exact) mass is 216 g/mol. The molecule has 0 amide bonds. The van der Waals surface area contributed by atoms with Gasteiger partial charge in [0.05, 0.1) is 0 Å². The molecule has 0 aliphatic heterocycles. The Bertz CT molecular complexity index is 19.8. The summed E-state index contributed by atoms with van der Waals surface area (Å²) in [5.41, 5.74) is 0. The predicted molar refractivity (Wildman–Crippen MR) is 32.2 cm³/mol. The van der Waals surface area contributed by atoms with E-state index in [-0.39, 0.29) is 137 Å². The minimum absolute atomic E-state index is 0. The first-order valence-corrected chi connectivity index (χ1v) is 0. The zero-order valence-electron chi connectivity index (χ0n) is 10.0. The Morgan fingerprint density at radius 2 is 0.273 bits per heavy atom. The van der Waals surface area contributed by atoms with Gasteiger partial charge in [0, 0.05) is 0 Å². The van der Waals surface area contributed by atoms with Crippen molar-refractivity contribution in [3.05, 3.63) is 0 Å². The molecule has 0 spiro atoms. The molecule has 16 N–H and O–H groups in total. The molecule has 11 heavy (non-hydrogen) atoms. The van der Waals surface area contributed by atoms with E-state index in [9.17, 15) is 0 Å². The first-order chi connectivity index (χ1) is 0. The summed E-state index contributed by atoms with van der Waals surface area (Å²) < 4.78 is 0. The van der Waals surface area contributed by atoms with Crippen LogP contribution in [0, 0.1) is 0 Å². The maximum atomic E-state index is 0. The molecular formula is H19Na3O8. The van der Waals surface area contributed by atoms with Crippen LogP contribution in [0.15, 0.2) is 0 Å². The van der Waals surface area contributed by atoms with Crippen molar-refractivity contribution >= 4 is 0 Å². The van der Waals surface area contributed by atoms with E-state index in [4.69, 9.17) is 0 Å². The number of hydrogen-bond donors (Lipinski definition) is 0. The fraction of sp³-hybridized carbons (Fsp3) is 0. The van der Waals surface area contributed by atoms with Gasteiger partial charge in [0.1, 0.15) is 0 Å². The molecule has 0 bridgehead atoms. The van der Waals surface area contributed by atoms with Crippen LogP contribution in [0.1, 0.15) is 4.28 Å². The van der Waals surface area contributed by atoms with Crippen LogP contribution in [0.2, 0.25) is 0 Å². The molecule has 0 aromatic carbocycles. The van der Waals surface area contributed by atoms with E-state index in [1.54, 1.807) is 0 Å². The first kappa shape index (κ1) is 306. The maximum absolute atomic E-state index is 0.